The predicted octanol–water partition coefficient (Wildman–Crippen LogP) is -12.9. The molecule has 0 bridgehead atoms. The van der Waals surface area contributed by atoms with Gasteiger partial charge in [-0.2, -0.15) is 0 Å². The summed E-state index contributed by atoms with van der Waals surface area (Å²) in [7, 11) is 0. The molecule has 0 aliphatic rings. The fourth-order valence-corrected chi connectivity index (χ4v) is 0. The van der Waals surface area contributed by atoms with Crippen LogP contribution in [0.15, 0.2) is 0 Å². The molecular formula is C4H12BrLiN2O5. The first kappa shape index (κ1) is 29.3. The number of hydrogen-bond acceptors (Lipinski definition) is 4. The Morgan fingerprint density at radius 3 is 1.08 bits per heavy atom. The molecule has 0 heterocycles. The molecule has 0 fully saturated rings. The van der Waals surface area contributed by atoms with Crippen molar-refractivity contribution >= 4 is 11.9 Å². The summed E-state index contributed by atoms with van der Waals surface area (Å²) in [6.45, 7) is -0.278. The molecule has 7 nitrogen and oxygen atoms in total. The number of carboxylic acids is 2. The average molecular weight is 255 g/mol. The Morgan fingerprint density at radius 1 is 1.00 bits per heavy atom. The zero-order valence-corrected chi connectivity index (χ0v) is 8.93. The number of hydrogen-bond donors (Lipinski definition) is 2. The van der Waals surface area contributed by atoms with Crippen LogP contribution in [0.25, 0.3) is 0 Å². The summed E-state index contributed by atoms with van der Waals surface area (Å²) in [6, 6.07) is 0. The van der Waals surface area contributed by atoms with E-state index in [0.717, 1.165) is 0 Å². The SMILES string of the molecule is O.[Br-].[Li+].[NH3+]CC(=O)[O-].[NH3+]CC(=O)[O-]. The first-order valence-corrected chi connectivity index (χ1v) is 2.52. The topological polar surface area (TPSA) is 167 Å². The van der Waals surface area contributed by atoms with Gasteiger partial charge >= 0.3 is 18.9 Å². The third kappa shape index (κ3) is 76.7. The van der Waals surface area contributed by atoms with Crippen LogP contribution in [0, 0.1) is 0 Å². The van der Waals surface area contributed by atoms with Crippen molar-refractivity contribution in [3.8, 4) is 0 Å². The van der Waals surface area contributed by atoms with Crippen LogP contribution in [-0.2, 0) is 9.59 Å². The number of carboxylic acid groups (broad SMARTS) is 2. The van der Waals surface area contributed by atoms with Gasteiger partial charge in [0.05, 0.1) is 11.9 Å². The van der Waals surface area contributed by atoms with Gasteiger partial charge in [-0.05, 0) is 0 Å². The molecule has 0 saturated heterocycles. The van der Waals surface area contributed by atoms with E-state index in [4.69, 9.17) is 0 Å². The van der Waals surface area contributed by atoms with Crippen molar-refractivity contribution in [2.75, 3.05) is 13.1 Å². The van der Waals surface area contributed by atoms with Crippen LogP contribution < -0.4 is 57.5 Å². The summed E-state index contributed by atoms with van der Waals surface area (Å²) >= 11 is 0. The van der Waals surface area contributed by atoms with Crippen molar-refractivity contribution in [2.24, 2.45) is 0 Å². The number of carbonyl (C=O) groups excluding carboxylic acids is 2. The van der Waals surface area contributed by atoms with E-state index in [0.29, 0.717) is 0 Å². The van der Waals surface area contributed by atoms with Gasteiger partial charge in [-0.3, -0.25) is 0 Å². The van der Waals surface area contributed by atoms with Crippen molar-refractivity contribution in [3.63, 3.8) is 0 Å². The zero-order valence-electron chi connectivity index (χ0n) is 7.34. The largest absolute Gasteiger partial charge is 1.00 e. The zero-order chi connectivity index (χ0) is 8.57. The molecule has 0 rings (SSSR count). The predicted molar refractivity (Wildman–Crippen MR) is 29.1 cm³/mol. The van der Waals surface area contributed by atoms with Gasteiger partial charge in [0, 0.05) is 0 Å². The minimum absolute atomic E-state index is 0. The van der Waals surface area contributed by atoms with Crippen molar-refractivity contribution in [1.29, 1.82) is 0 Å². The molecule has 0 radical (unpaired) electrons. The number of carbonyl (C=O) groups is 2. The summed E-state index contributed by atoms with van der Waals surface area (Å²) in [4.78, 5) is 18.4. The van der Waals surface area contributed by atoms with Gasteiger partial charge in [0.25, 0.3) is 0 Å². The molecule has 0 aliphatic carbocycles. The number of halogens is 1. The van der Waals surface area contributed by atoms with Gasteiger partial charge in [0.1, 0.15) is 13.1 Å². The minimum Gasteiger partial charge on any atom is -1.00 e. The van der Waals surface area contributed by atoms with Crippen molar-refractivity contribution in [3.05, 3.63) is 0 Å². The maximum Gasteiger partial charge on any atom is 1.00 e. The molecule has 0 atom stereocenters. The number of aliphatic carboxylic acids is 2. The molecule has 0 amide bonds. The molecule has 0 saturated carbocycles. The molecule has 0 aromatic heterocycles. The van der Waals surface area contributed by atoms with E-state index in [1.54, 1.807) is 0 Å². The standard InChI is InChI=1S/2C2H5NO2.BrH.Li.H2O/c2*3-1-2(4)5;;;/h2*1,3H2,(H,4,5);1H;;1H2/q;;;+1;/p-1. The Morgan fingerprint density at radius 2 is 1.08 bits per heavy atom. The van der Waals surface area contributed by atoms with E-state index in [9.17, 15) is 19.8 Å². The van der Waals surface area contributed by atoms with Crippen molar-refractivity contribution in [1.82, 2.24) is 0 Å². The van der Waals surface area contributed by atoms with E-state index in [2.05, 4.69) is 11.5 Å². The van der Waals surface area contributed by atoms with Crippen LogP contribution in [0.2, 0.25) is 0 Å². The van der Waals surface area contributed by atoms with Gasteiger partial charge < -0.3 is 53.7 Å². The molecule has 0 spiro atoms. The Kier molecular flexibility index (Phi) is 51.0. The van der Waals surface area contributed by atoms with Gasteiger partial charge in [-0.15, -0.1) is 0 Å². The molecule has 0 aromatic carbocycles. The van der Waals surface area contributed by atoms with Crippen LogP contribution in [0.3, 0.4) is 0 Å². The molecule has 0 aromatic rings. The Balaban J connectivity index is -0.0000000267. The maximum absolute atomic E-state index is 9.19. The van der Waals surface area contributed by atoms with Gasteiger partial charge in [0.15, 0.2) is 0 Å². The quantitative estimate of drug-likeness (QED) is 0.467. The first-order chi connectivity index (χ1) is 4.54. The monoisotopic (exact) mass is 254 g/mol. The molecule has 8 N–H and O–H groups in total. The van der Waals surface area contributed by atoms with Gasteiger partial charge in [-0.25, -0.2) is 0 Å². The fraction of sp³-hybridized carbons (Fsp3) is 0.500. The van der Waals surface area contributed by atoms with Crippen LogP contribution in [0.1, 0.15) is 0 Å². The Labute approximate surface area is 97.7 Å². The fourth-order valence-electron chi connectivity index (χ4n) is 0. The molecule has 0 unspecified atom stereocenters. The van der Waals surface area contributed by atoms with Crippen molar-refractivity contribution in [2.45, 2.75) is 0 Å². The van der Waals surface area contributed by atoms with E-state index in [1.807, 2.05) is 0 Å². The molecule has 0 aliphatic heterocycles. The normalized spacial score (nSPS) is 5.69. The van der Waals surface area contributed by atoms with Crippen LogP contribution in [-0.4, -0.2) is 30.5 Å². The average Bonchev–Trinajstić information content (AvgIpc) is 1.89. The molecule has 13 heavy (non-hydrogen) atoms. The van der Waals surface area contributed by atoms with Crippen LogP contribution >= 0.6 is 0 Å². The Bertz CT molecular complexity index is 111. The second-order valence-electron chi connectivity index (χ2n) is 1.24. The maximum atomic E-state index is 9.19. The summed E-state index contributed by atoms with van der Waals surface area (Å²) in [5.41, 5.74) is 6.05. The summed E-state index contributed by atoms with van der Waals surface area (Å²) in [6.07, 6.45) is 0. The summed E-state index contributed by atoms with van der Waals surface area (Å²) in [5.74, 6) is -2.21. The summed E-state index contributed by atoms with van der Waals surface area (Å²) in [5, 5.41) is 18.4. The van der Waals surface area contributed by atoms with E-state index < -0.39 is 11.9 Å². The van der Waals surface area contributed by atoms with Crippen molar-refractivity contribution < 1.29 is 72.6 Å². The summed E-state index contributed by atoms with van der Waals surface area (Å²) < 4.78 is 0. The number of quaternary nitrogens is 2. The van der Waals surface area contributed by atoms with Crippen LogP contribution in [0.4, 0.5) is 0 Å². The number of rotatable bonds is 2. The van der Waals surface area contributed by atoms with Crippen LogP contribution in [0.5, 0.6) is 0 Å². The van der Waals surface area contributed by atoms with E-state index in [-0.39, 0.29) is 54.4 Å². The minimum atomic E-state index is -1.11. The second-order valence-corrected chi connectivity index (χ2v) is 1.24. The first-order valence-electron chi connectivity index (χ1n) is 2.52. The van der Waals surface area contributed by atoms with Gasteiger partial charge in [-0.1, -0.05) is 0 Å². The second kappa shape index (κ2) is 22.7. The smallest absolute Gasteiger partial charge is 1.00 e. The van der Waals surface area contributed by atoms with E-state index in [1.165, 1.54) is 0 Å². The van der Waals surface area contributed by atoms with E-state index >= 15 is 0 Å². The Hall–Kier alpha value is -0.103. The third-order valence-electron chi connectivity index (χ3n) is 0.408. The molecule has 9 heteroatoms. The molecule has 76 valence electrons. The molecular weight excluding hydrogens is 243 g/mol. The van der Waals surface area contributed by atoms with Gasteiger partial charge in [0.2, 0.25) is 0 Å². The third-order valence-corrected chi connectivity index (χ3v) is 0.408.